The van der Waals surface area contributed by atoms with E-state index in [2.05, 4.69) is 34.3 Å². The molecule has 0 aliphatic rings. The van der Waals surface area contributed by atoms with Crippen LogP contribution in [0.5, 0.6) is 5.75 Å². The number of rotatable bonds is 5. The summed E-state index contributed by atoms with van der Waals surface area (Å²) in [7, 11) is 0. The van der Waals surface area contributed by atoms with Gasteiger partial charge in [0.1, 0.15) is 5.75 Å². The summed E-state index contributed by atoms with van der Waals surface area (Å²) < 4.78 is 6.98. The Kier molecular flexibility index (Phi) is 5.39. The van der Waals surface area contributed by atoms with Gasteiger partial charge in [0, 0.05) is 10.0 Å². The van der Waals surface area contributed by atoms with Gasteiger partial charge in [0.05, 0.1) is 12.1 Å². The molecule has 2 aromatic carbocycles. The fourth-order valence-electron chi connectivity index (χ4n) is 2.36. The van der Waals surface area contributed by atoms with Crippen LogP contribution in [0.3, 0.4) is 0 Å². The Hall–Kier alpha value is -1.36. The Balaban J connectivity index is 2.49. The molecule has 0 aromatic heterocycles. The summed E-state index contributed by atoms with van der Waals surface area (Å²) >= 11 is 3.58. The smallest absolute Gasteiger partial charge is 0.124 e. The van der Waals surface area contributed by atoms with Gasteiger partial charge in [-0.25, -0.2) is 5.43 Å². The topological polar surface area (TPSA) is 47.3 Å². The standard InChI is InChI=1S/C17H21BrN2O/c1-11(2)21-16-10-5-4-7-14(16)17(20-19)13-8-6-9-15(18)12(13)3/h4-11,17,20H,19H2,1-3H3. The zero-order valence-electron chi connectivity index (χ0n) is 12.6. The molecule has 2 aromatic rings. The van der Waals surface area contributed by atoms with Gasteiger partial charge < -0.3 is 4.74 Å². The van der Waals surface area contributed by atoms with Gasteiger partial charge in [0.2, 0.25) is 0 Å². The number of hydrogen-bond donors (Lipinski definition) is 2. The van der Waals surface area contributed by atoms with Crippen molar-refractivity contribution in [2.24, 2.45) is 5.84 Å². The van der Waals surface area contributed by atoms with Crippen LogP contribution in [0.1, 0.15) is 36.6 Å². The highest BCUT2D eigenvalue weighted by Crippen LogP contribution is 2.33. The summed E-state index contributed by atoms with van der Waals surface area (Å²) in [6.07, 6.45) is 0.119. The molecule has 3 nitrogen and oxygen atoms in total. The van der Waals surface area contributed by atoms with Crippen LogP contribution in [0.2, 0.25) is 0 Å². The van der Waals surface area contributed by atoms with Crippen LogP contribution in [0.4, 0.5) is 0 Å². The lowest BCUT2D eigenvalue weighted by molar-refractivity contribution is 0.238. The molecule has 112 valence electrons. The molecule has 1 unspecified atom stereocenters. The Labute approximate surface area is 134 Å². The van der Waals surface area contributed by atoms with Crippen molar-refractivity contribution in [1.82, 2.24) is 5.43 Å². The van der Waals surface area contributed by atoms with Crippen molar-refractivity contribution in [2.75, 3.05) is 0 Å². The average Bonchev–Trinajstić information content (AvgIpc) is 2.45. The van der Waals surface area contributed by atoms with Crippen LogP contribution < -0.4 is 16.0 Å². The predicted octanol–water partition coefficient (Wildman–Crippen LogP) is 4.10. The Morgan fingerprint density at radius 2 is 1.71 bits per heavy atom. The van der Waals surface area contributed by atoms with Crippen molar-refractivity contribution in [3.05, 3.63) is 63.6 Å². The summed E-state index contributed by atoms with van der Waals surface area (Å²) in [5, 5.41) is 0. The molecule has 21 heavy (non-hydrogen) atoms. The number of ether oxygens (including phenoxy) is 1. The highest BCUT2D eigenvalue weighted by Gasteiger charge is 2.19. The molecule has 0 saturated carbocycles. The van der Waals surface area contributed by atoms with E-state index >= 15 is 0 Å². The number of nitrogens with one attached hydrogen (secondary N) is 1. The van der Waals surface area contributed by atoms with E-state index in [1.54, 1.807) is 0 Å². The van der Waals surface area contributed by atoms with E-state index in [0.717, 1.165) is 21.3 Å². The number of hydrazine groups is 1. The second-order valence-electron chi connectivity index (χ2n) is 5.26. The van der Waals surface area contributed by atoms with Gasteiger partial charge >= 0.3 is 0 Å². The molecule has 2 rings (SSSR count). The minimum absolute atomic E-state index is 0.113. The first-order valence-electron chi connectivity index (χ1n) is 7.01. The summed E-state index contributed by atoms with van der Waals surface area (Å²) in [5.41, 5.74) is 6.25. The van der Waals surface area contributed by atoms with E-state index in [1.165, 1.54) is 5.56 Å². The largest absolute Gasteiger partial charge is 0.491 e. The molecule has 3 N–H and O–H groups in total. The number of hydrogen-bond acceptors (Lipinski definition) is 3. The number of benzene rings is 2. The summed E-state index contributed by atoms with van der Waals surface area (Å²) in [6, 6.07) is 14.0. The molecule has 0 aliphatic heterocycles. The molecule has 4 heteroatoms. The van der Waals surface area contributed by atoms with Gasteiger partial charge in [0.15, 0.2) is 0 Å². The summed E-state index contributed by atoms with van der Waals surface area (Å²) in [5.74, 6) is 6.69. The van der Waals surface area contributed by atoms with Crippen LogP contribution in [0, 0.1) is 6.92 Å². The first-order valence-corrected chi connectivity index (χ1v) is 7.80. The normalized spacial score (nSPS) is 12.5. The van der Waals surface area contributed by atoms with Crippen LogP contribution in [0.15, 0.2) is 46.9 Å². The van der Waals surface area contributed by atoms with Crippen molar-refractivity contribution in [1.29, 1.82) is 0 Å². The molecule has 0 heterocycles. The van der Waals surface area contributed by atoms with Gasteiger partial charge in [-0.1, -0.05) is 46.3 Å². The lowest BCUT2D eigenvalue weighted by atomic mass is 9.95. The fraction of sp³-hybridized carbons (Fsp3) is 0.294. The maximum Gasteiger partial charge on any atom is 0.124 e. The van der Waals surface area contributed by atoms with Crippen LogP contribution >= 0.6 is 15.9 Å². The van der Waals surface area contributed by atoms with E-state index in [1.807, 2.05) is 50.2 Å². The molecule has 0 saturated heterocycles. The van der Waals surface area contributed by atoms with Crippen molar-refractivity contribution in [3.63, 3.8) is 0 Å². The minimum atomic E-state index is -0.113. The van der Waals surface area contributed by atoms with E-state index in [4.69, 9.17) is 10.6 Å². The maximum atomic E-state index is 5.91. The predicted molar refractivity (Wildman–Crippen MR) is 90.3 cm³/mol. The van der Waals surface area contributed by atoms with Crippen LogP contribution in [-0.4, -0.2) is 6.10 Å². The van der Waals surface area contributed by atoms with Crippen molar-refractivity contribution in [3.8, 4) is 5.75 Å². The van der Waals surface area contributed by atoms with Gasteiger partial charge in [-0.15, -0.1) is 0 Å². The molecule has 0 spiro atoms. The third-order valence-corrected chi connectivity index (χ3v) is 4.24. The summed E-state index contributed by atoms with van der Waals surface area (Å²) in [4.78, 5) is 0. The van der Waals surface area contributed by atoms with Crippen molar-refractivity contribution >= 4 is 15.9 Å². The first kappa shape index (κ1) is 16.0. The average molecular weight is 349 g/mol. The summed E-state index contributed by atoms with van der Waals surface area (Å²) in [6.45, 7) is 6.12. The fourth-order valence-corrected chi connectivity index (χ4v) is 2.75. The van der Waals surface area contributed by atoms with Gasteiger partial charge in [-0.3, -0.25) is 5.84 Å². The molecular formula is C17H21BrN2O. The number of nitrogens with two attached hydrogens (primary N) is 1. The Morgan fingerprint density at radius 1 is 1.05 bits per heavy atom. The van der Waals surface area contributed by atoms with Crippen molar-refractivity contribution in [2.45, 2.75) is 32.9 Å². The lowest BCUT2D eigenvalue weighted by Crippen LogP contribution is -2.30. The Morgan fingerprint density at radius 3 is 2.38 bits per heavy atom. The lowest BCUT2D eigenvalue weighted by Gasteiger charge is -2.23. The van der Waals surface area contributed by atoms with Crippen LogP contribution in [0.25, 0.3) is 0 Å². The van der Waals surface area contributed by atoms with Gasteiger partial charge in [-0.2, -0.15) is 0 Å². The second-order valence-corrected chi connectivity index (χ2v) is 6.11. The number of halogens is 1. The van der Waals surface area contributed by atoms with Gasteiger partial charge in [-0.05, 0) is 44.0 Å². The molecule has 1 atom stereocenters. The highest BCUT2D eigenvalue weighted by molar-refractivity contribution is 9.10. The maximum absolute atomic E-state index is 5.91. The molecule has 0 radical (unpaired) electrons. The number of para-hydroxylation sites is 1. The third kappa shape index (κ3) is 3.64. The van der Waals surface area contributed by atoms with E-state index < -0.39 is 0 Å². The minimum Gasteiger partial charge on any atom is -0.491 e. The monoisotopic (exact) mass is 348 g/mol. The molecule has 0 aliphatic carbocycles. The quantitative estimate of drug-likeness (QED) is 0.631. The Bertz CT molecular complexity index is 613. The second kappa shape index (κ2) is 7.07. The zero-order chi connectivity index (χ0) is 15.4. The zero-order valence-corrected chi connectivity index (χ0v) is 14.1. The molecule has 0 bridgehead atoms. The van der Waals surface area contributed by atoms with E-state index in [0.29, 0.717) is 0 Å². The SMILES string of the molecule is Cc1c(Br)cccc1C(NN)c1ccccc1OC(C)C. The third-order valence-electron chi connectivity index (χ3n) is 3.38. The van der Waals surface area contributed by atoms with E-state index in [-0.39, 0.29) is 12.1 Å². The van der Waals surface area contributed by atoms with Gasteiger partial charge in [0.25, 0.3) is 0 Å². The molecule has 0 amide bonds. The van der Waals surface area contributed by atoms with Crippen molar-refractivity contribution < 1.29 is 4.74 Å². The van der Waals surface area contributed by atoms with Crippen LogP contribution in [-0.2, 0) is 0 Å². The molecule has 0 fully saturated rings. The highest BCUT2D eigenvalue weighted by atomic mass is 79.9. The molecular weight excluding hydrogens is 328 g/mol. The van der Waals surface area contributed by atoms with E-state index in [9.17, 15) is 0 Å². The first-order chi connectivity index (χ1) is 10.0.